The molecule has 0 amide bonds. The molecule has 0 aliphatic rings. The van der Waals surface area contributed by atoms with Crippen LogP contribution in [0.3, 0.4) is 0 Å². The van der Waals surface area contributed by atoms with Crippen LogP contribution in [0.25, 0.3) is 6.08 Å². The van der Waals surface area contributed by atoms with Crippen LogP contribution < -0.4 is 0 Å². The summed E-state index contributed by atoms with van der Waals surface area (Å²) in [6.45, 7) is 1.59. The number of nitriles is 1. The van der Waals surface area contributed by atoms with Crippen LogP contribution in [-0.2, 0) is 16.1 Å². The van der Waals surface area contributed by atoms with Gasteiger partial charge in [0.1, 0.15) is 0 Å². The van der Waals surface area contributed by atoms with E-state index in [1.165, 1.54) is 12.2 Å². The molecule has 100 valence electrons. The van der Waals surface area contributed by atoms with Crippen molar-refractivity contribution in [3.05, 3.63) is 53.2 Å². The highest BCUT2D eigenvalue weighted by atomic mass is 16.6. The van der Waals surface area contributed by atoms with Gasteiger partial charge < -0.3 is 9.26 Å². The molecule has 0 bridgehead atoms. The van der Waals surface area contributed by atoms with Gasteiger partial charge in [-0.2, -0.15) is 10.2 Å². The highest BCUT2D eigenvalue weighted by molar-refractivity contribution is 5.87. The second kappa shape index (κ2) is 6.29. The summed E-state index contributed by atoms with van der Waals surface area (Å²) in [6, 6.07) is 9.00. The molecule has 0 saturated heterocycles. The molecule has 0 fully saturated rings. The van der Waals surface area contributed by atoms with E-state index in [4.69, 9.17) is 14.5 Å². The first-order chi connectivity index (χ1) is 9.69. The average molecular weight is 269 g/mol. The maximum atomic E-state index is 11.5. The topological polar surface area (TPSA) is 89.0 Å². The molecule has 0 unspecified atom stereocenters. The van der Waals surface area contributed by atoms with Gasteiger partial charge in [-0.05, 0) is 24.6 Å². The minimum absolute atomic E-state index is 0.0795. The molecule has 2 aromatic rings. The van der Waals surface area contributed by atoms with Crippen molar-refractivity contribution in [2.45, 2.75) is 13.5 Å². The Hall–Kier alpha value is -2.94. The summed E-state index contributed by atoms with van der Waals surface area (Å²) in [4.78, 5) is 15.4. The molecule has 2 rings (SSSR count). The SMILES string of the molecule is Cc1noc(COC(=O)/C=C/c2ccccc2C#N)n1. The Morgan fingerprint density at radius 2 is 2.30 bits per heavy atom. The molecule has 1 aromatic carbocycles. The van der Waals surface area contributed by atoms with Gasteiger partial charge in [0.15, 0.2) is 12.4 Å². The first-order valence-corrected chi connectivity index (χ1v) is 5.82. The number of rotatable bonds is 4. The quantitative estimate of drug-likeness (QED) is 0.623. The Morgan fingerprint density at radius 3 is 3.00 bits per heavy atom. The Labute approximate surface area is 115 Å². The van der Waals surface area contributed by atoms with Crippen molar-refractivity contribution in [1.82, 2.24) is 10.1 Å². The molecule has 0 radical (unpaired) electrons. The van der Waals surface area contributed by atoms with E-state index in [2.05, 4.69) is 10.1 Å². The number of hydrogen-bond acceptors (Lipinski definition) is 6. The van der Waals surface area contributed by atoms with Gasteiger partial charge in [0.25, 0.3) is 5.89 Å². The predicted molar refractivity (Wildman–Crippen MR) is 69.0 cm³/mol. The first kappa shape index (κ1) is 13.5. The molecule has 0 spiro atoms. The number of hydrogen-bond donors (Lipinski definition) is 0. The monoisotopic (exact) mass is 269 g/mol. The third-order valence-corrected chi connectivity index (χ3v) is 2.39. The zero-order valence-corrected chi connectivity index (χ0v) is 10.7. The fourth-order valence-electron chi connectivity index (χ4n) is 1.48. The van der Waals surface area contributed by atoms with Crippen LogP contribution in [0.15, 0.2) is 34.9 Å². The Bertz CT molecular complexity index is 683. The second-order valence-electron chi connectivity index (χ2n) is 3.88. The Balaban J connectivity index is 1.94. The third-order valence-electron chi connectivity index (χ3n) is 2.39. The number of benzene rings is 1. The normalized spacial score (nSPS) is 10.4. The molecule has 1 heterocycles. The summed E-state index contributed by atoms with van der Waals surface area (Å²) in [6.07, 6.45) is 2.78. The van der Waals surface area contributed by atoms with E-state index in [0.29, 0.717) is 17.0 Å². The van der Waals surface area contributed by atoms with Crippen molar-refractivity contribution in [1.29, 1.82) is 5.26 Å². The molecule has 0 aliphatic carbocycles. The molecule has 0 aliphatic heterocycles. The number of carbonyl (C=O) groups is 1. The largest absolute Gasteiger partial charge is 0.452 e. The van der Waals surface area contributed by atoms with Crippen LogP contribution in [0.1, 0.15) is 22.8 Å². The van der Waals surface area contributed by atoms with E-state index in [-0.39, 0.29) is 12.5 Å². The van der Waals surface area contributed by atoms with Gasteiger partial charge in [0.2, 0.25) is 0 Å². The lowest BCUT2D eigenvalue weighted by Crippen LogP contribution is -2.01. The van der Waals surface area contributed by atoms with Crippen molar-refractivity contribution in [3.8, 4) is 6.07 Å². The van der Waals surface area contributed by atoms with Crippen LogP contribution in [0.4, 0.5) is 0 Å². The zero-order chi connectivity index (χ0) is 14.4. The number of carbonyl (C=O) groups excluding carboxylic acids is 1. The number of nitrogens with zero attached hydrogens (tertiary/aromatic N) is 3. The van der Waals surface area contributed by atoms with Crippen molar-refractivity contribution in [2.75, 3.05) is 0 Å². The predicted octanol–water partition coefficient (Wildman–Crippen LogP) is 2.01. The number of aromatic nitrogens is 2. The molecule has 20 heavy (non-hydrogen) atoms. The standard InChI is InChI=1S/C14H11N3O3/c1-10-16-13(20-17-10)9-19-14(18)7-6-11-4-2-3-5-12(11)8-15/h2-7H,9H2,1H3/b7-6+. The molecule has 0 N–H and O–H groups in total. The van der Waals surface area contributed by atoms with Gasteiger partial charge in [-0.15, -0.1) is 0 Å². The molecule has 6 heteroatoms. The summed E-state index contributed by atoms with van der Waals surface area (Å²) in [7, 11) is 0. The third kappa shape index (κ3) is 3.53. The fraction of sp³-hybridized carbons (Fsp3) is 0.143. The van der Waals surface area contributed by atoms with E-state index in [1.807, 2.05) is 6.07 Å². The summed E-state index contributed by atoms with van der Waals surface area (Å²) >= 11 is 0. The number of aryl methyl sites for hydroxylation is 1. The lowest BCUT2D eigenvalue weighted by Gasteiger charge is -1.98. The molecule has 6 nitrogen and oxygen atoms in total. The van der Waals surface area contributed by atoms with Crippen molar-refractivity contribution >= 4 is 12.0 Å². The highest BCUT2D eigenvalue weighted by Gasteiger charge is 2.05. The van der Waals surface area contributed by atoms with Gasteiger partial charge in [0, 0.05) is 6.08 Å². The van der Waals surface area contributed by atoms with Gasteiger partial charge in [-0.25, -0.2) is 4.79 Å². The average Bonchev–Trinajstić information content (AvgIpc) is 2.89. The summed E-state index contributed by atoms with van der Waals surface area (Å²) in [5, 5.41) is 12.5. The summed E-state index contributed by atoms with van der Waals surface area (Å²) in [5.74, 6) is 0.171. The van der Waals surface area contributed by atoms with E-state index in [1.54, 1.807) is 31.2 Å². The van der Waals surface area contributed by atoms with Crippen LogP contribution >= 0.6 is 0 Å². The second-order valence-corrected chi connectivity index (χ2v) is 3.88. The van der Waals surface area contributed by atoms with Gasteiger partial charge in [-0.1, -0.05) is 23.4 Å². The minimum Gasteiger partial charge on any atom is -0.452 e. The van der Waals surface area contributed by atoms with E-state index >= 15 is 0 Å². The molecular formula is C14H11N3O3. The van der Waals surface area contributed by atoms with E-state index in [0.717, 1.165) is 0 Å². The van der Waals surface area contributed by atoms with Gasteiger partial charge in [0.05, 0.1) is 11.6 Å². The summed E-state index contributed by atoms with van der Waals surface area (Å²) < 4.78 is 9.74. The molecule has 1 aromatic heterocycles. The molecular weight excluding hydrogens is 258 g/mol. The number of ether oxygens (including phenoxy) is 1. The Kier molecular flexibility index (Phi) is 4.24. The molecule has 0 saturated carbocycles. The zero-order valence-electron chi connectivity index (χ0n) is 10.7. The lowest BCUT2D eigenvalue weighted by atomic mass is 10.1. The Morgan fingerprint density at radius 1 is 1.50 bits per heavy atom. The van der Waals surface area contributed by atoms with Crippen LogP contribution in [0.5, 0.6) is 0 Å². The smallest absolute Gasteiger partial charge is 0.331 e. The lowest BCUT2D eigenvalue weighted by molar-refractivity contribution is -0.139. The number of esters is 1. The summed E-state index contributed by atoms with van der Waals surface area (Å²) in [5.41, 5.74) is 1.14. The van der Waals surface area contributed by atoms with Crippen LogP contribution in [-0.4, -0.2) is 16.1 Å². The maximum absolute atomic E-state index is 11.5. The van der Waals surface area contributed by atoms with Crippen molar-refractivity contribution in [3.63, 3.8) is 0 Å². The highest BCUT2D eigenvalue weighted by Crippen LogP contribution is 2.09. The molecule has 0 atom stereocenters. The minimum atomic E-state index is -0.548. The van der Waals surface area contributed by atoms with Gasteiger partial charge in [-0.3, -0.25) is 0 Å². The van der Waals surface area contributed by atoms with Crippen LogP contribution in [0.2, 0.25) is 0 Å². The van der Waals surface area contributed by atoms with Crippen molar-refractivity contribution in [2.24, 2.45) is 0 Å². The van der Waals surface area contributed by atoms with Crippen molar-refractivity contribution < 1.29 is 14.1 Å². The fourth-order valence-corrected chi connectivity index (χ4v) is 1.48. The maximum Gasteiger partial charge on any atom is 0.331 e. The van der Waals surface area contributed by atoms with E-state index in [9.17, 15) is 4.79 Å². The van der Waals surface area contributed by atoms with E-state index < -0.39 is 5.97 Å². The van der Waals surface area contributed by atoms with Crippen LogP contribution in [0, 0.1) is 18.3 Å². The van der Waals surface area contributed by atoms with Gasteiger partial charge >= 0.3 is 5.97 Å². The first-order valence-electron chi connectivity index (χ1n) is 5.82.